The van der Waals surface area contributed by atoms with Crippen LogP contribution in [0.3, 0.4) is 0 Å². The first-order valence-corrected chi connectivity index (χ1v) is 1.24. The second-order valence-electron chi connectivity index (χ2n) is 0.614. The Bertz CT molecular complexity index is 46.8. The van der Waals surface area contributed by atoms with Gasteiger partial charge in [0.25, 0.3) is 0 Å². The van der Waals surface area contributed by atoms with Crippen LogP contribution in [0.2, 0.25) is 0 Å². The predicted octanol–water partition coefficient (Wildman–Crippen LogP) is -1.36. The summed E-state index contributed by atoms with van der Waals surface area (Å²) in [7, 11) is 1.47. The van der Waals surface area contributed by atoms with E-state index >= 15 is 0 Å². The van der Waals surface area contributed by atoms with Gasteiger partial charge >= 0.3 is 57.4 Å². The van der Waals surface area contributed by atoms with E-state index in [4.69, 9.17) is 0 Å². The molecule has 0 spiro atoms. The molecule has 3 N–H and O–H groups in total. The second-order valence-corrected chi connectivity index (χ2v) is 0.614. The van der Waals surface area contributed by atoms with Crippen molar-refractivity contribution in [2.45, 2.75) is 0 Å². The van der Waals surface area contributed by atoms with Gasteiger partial charge in [-0.3, -0.25) is 0 Å². The molecule has 0 saturated carbocycles. The Morgan fingerprint density at radius 1 is 1.83 bits per heavy atom. The number of rotatable bonds is 0. The number of amides is 2. The fourth-order valence-corrected chi connectivity index (χ4v) is 0. The molecule has 6 heavy (non-hydrogen) atoms. The monoisotopic (exact) mass is 114 g/mol. The van der Waals surface area contributed by atoms with Crippen molar-refractivity contribution in [3.8, 4) is 0 Å². The van der Waals surface area contributed by atoms with Crippen molar-refractivity contribution in [1.82, 2.24) is 5.32 Å². The molecule has 0 heterocycles. The Balaban J connectivity index is 0. The molecule has 32 valence electrons. The predicted molar refractivity (Wildman–Crippen MR) is 25.8 cm³/mol. The molecule has 0 fully saturated rings. The molecule has 0 aromatic rings. The minimum atomic E-state index is -0.495. The number of primary amides is 1. The third-order valence-electron chi connectivity index (χ3n) is 0.246. The average Bonchev–Trinajstić information content (AvgIpc) is 1.38. The third kappa shape index (κ3) is 8.86. The van der Waals surface area contributed by atoms with Crippen LogP contribution in [0, 0.1) is 0 Å². The molecule has 0 bridgehead atoms. The van der Waals surface area contributed by atoms with Crippen LogP contribution in [-0.2, 0) is 0 Å². The molecule has 2 amide bonds. The van der Waals surface area contributed by atoms with Crippen molar-refractivity contribution in [3.63, 3.8) is 0 Å². The maximum atomic E-state index is 9.48. The van der Waals surface area contributed by atoms with Crippen LogP contribution < -0.4 is 11.1 Å². The Hall–Kier alpha value is 0.906. The summed E-state index contributed by atoms with van der Waals surface area (Å²) in [6, 6.07) is -0.495. The summed E-state index contributed by atoms with van der Waals surface area (Å²) in [5, 5.41) is 2.17. The zero-order valence-electron chi connectivity index (χ0n) is 2.99. The van der Waals surface area contributed by atoms with Gasteiger partial charge in [-0.15, -0.1) is 0 Å². The van der Waals surface area contributed by atoms with Gasteiger partial charge in [0.05, 0.1) is 0 Å². The van der Waals surface area contributed by atoms with E-state index < -0.39 is 6.03 Å². The molecule has 0 saturated heterocycles. The number of carbonyl (C=O) groups excluding carboxylic acids is 1. The summed E-state index contributed by atoms with van der Waals surface area (Å²) in [5.74, 6) is 0. The van der Waals surface area contributed by atoms with Crippen molar-refractivity contribution in [1.29, 1.82) is 0 Å². The quantitative estimate of drug-likeness (QED) is 0.375. The van der Waals surface area contributed by atoms with E-state index in [0.717, 1.165) is 0 Å². The molecule has 3 nitrogen and oxygen atoms in total. The van der Waals surface area contributed by atoms with Gasteiger partial charge in [-0.25, -0.2) is 4.79 Å². The molecule has 0 aliphatic rings. The number of hydrogen-bond donors (Lipinski definition) is 2. The molecule has 0 unspecified atom stereocenters. The summed E-state index contributed by atoms with van der Waals surface area (Å²) >= 11 is 0. The van der Waals surface area contributed by atoms with Crippen LogP contribution in [-0.4, -0.2) is 64.5 Å². The van der Waals surface area contributed by atoms with Crippen LogP contribution in [0.15, 0.2) is 0 Å². The van der Waals surface area contributed by atoms with Crippen molar-refractivity contribution in [3.05, 3.63) is 0 Å². The molecule has 4 heteroatoms. The third-order valence-corrected chi connectivity index (χ3v) is 0.246. The standard InChI is InChI=1S/C2H6N2O.K.H/c1-4-2(3)5;;/h1H3,(H3,3,4,5);;. The fourth-order valence-electron chi connectivity index (χ4n) is 0. The summed E-state index contributed by atoms with van der Waals surface area (Å²) < 4.78 is 0. The number of nitrogens with one attached hydrogen (secondary N) is 1. The molecule has 0 aliphatic heterocycles. The van der Waals surface area contributed by atoms with Crippen molar-refractivity contribution in [2.24, 2.45) is 5.73 Å². The Morgan fingerprint density at radius 3 is 2.00 bits per heavy atom. The summed E-state index contributed by atoms with van der Waals surface area (Å²) in [4.78, 5) is 9.48. The van der Waals surface area contributed by atoms with E-state index in [0.29, 0.717) is 0 Å². The fraction of sp³-hybridized carbons (Fsp3) is 0.500. The van der Waals surface area contributed by atoms with Crippen molar-refractivity contribution >= 4 is 57.4 Å². The normalized spacial score (nSPS) is 5.50. The SMILES string of the molecule is CNC(N)=O.[KH]. The van der Waals surface area contributed by atoms with Gasteiger partial charge in [0, 0.05) is 7.05 Å². The molecular weight excluding hydrogens is 107 g/mol. The number of urea groups is 1. The van der Waals surface area contributed by atoms with Crippen molar-refractivity contribution in [2.75, 3.05) is 7.05 Å². The van der Waals surface area contributed by atoms with E-state index in [-0.39, 0.29) is 51.4 Å². The van der Waals surface area contributed by atoms with Crippen molar-refractivity contribution < 1.29 is 4.79 Å². The van der Waals surface area contributed by atoms with E-state index in [9.17, 15) is 4.79 Å². The van der Waals surface area contributed by atoms with E-state index in [1.807, 2.05) is 0 Å². The van der Waals surface area contributed by atoms with Gasteiger partial charge in [0.2, 0.25) is 0 Å². The molecule has 0 radical (unpaired) electrons. The van der Waals surface area contributed by atoms with E-state index in [1.165, 1.54) is 7.05 Å². The molecule has 0 aromatic heterocycles. The second kappa shape index (κ2) is 5.91. The Kier molecular flexibility index (Phi) is 9.85. The average molecular weight is 114 g/mol. The van der Waals surface area contributed by atoms with Crippen LogP contribution in [0.4, 0.5) is 4.79 Å². The molecule has 0 aromatic carbocycles. The van der Waals surface area contributed by atoms with Gasteiger partial charge < -0.3 is 11.1 Å². The van der Waals surface area contributed by atoms with E-state index in [1.54, 1.807) is 0 Å². The topological polar surface area (TPSA) is 55.1 Å². The maximum absolute atomic E-state index is 9.48. The van der Waals surface area contributed by atoms with Gasteiger partial charge in [-0.2, -0.15) is 0 Å². The van der Waals surface area contributed by atoms with Crippen LogP contribution in [0.1, 0.15) is 0 Å². The molecule has 0 aliphatic carbocycles. The zero-order chi connectivity index (χ0) is 4.28. The van der Waals surface area contributed by atoms with Crippen LogP contribution >= 0.6 is 0 Å². The molecular formula is C2H7KN2O. The first-order valence-electron chi connectivity index (χ1n) is 1.24. The van der Waals surface area contributed by atoms with Gasteiger partial charge in [0.1, 0.15) is 0 Å². The van der Waals surface area contributed by atoms with Crippen LogP contribution in [0.25, 0.3) is 0 Å². The van der Waals surface area contributed by atoms with Gasteiger partial charge in [-0.1, -0.05) is 0 Å². The van der Waals surface area contributed by atoms with Gasteiger partial charge in [0.15, 0.2) is 0 Å². The van der Waals surface area contributed by atoms with E-state index in [2.05, 4.69) is 11.1 Å². The molecule has 0 atom stereocenters. The van der Waals surface area contributed by atoms with Crippen LogP contribution in [0.5, 0.6) is 0 Å². The van der Waals surface area contributed by atoms with Gasteiger partial charge in [-0.05, 0) is 0 Å². The Labute approximate surface area is 79.1 Å². The summed E-state index contributed by atoms with van der Waals surface area (Å²) in [6.45, 7) is 0. The molecule has 0 rings (SSSR count). The minimum absolute atomic E-state index is 0. The zero-order valence-corrected chi connectivity index (χ0v) is 2.99. The first kappa shape index (κ1) is 10.0. The Morgan fingerprint density at radius 2 is 2.00 bits per heavy atom. The summed E-state index contributed by atoms with van der Waals surface area (Å²) in [5.41, 5.74) is 4.54. The number of nitrogens with two attached hydrogens (primary N) is 1. The number of hydrogen-bond acceptors (Lipinski definition) is 1. The first-order chi connectivity index (χ1) is 2.27. The number of carbonyl (C=O) groups is 1. The summed E-state index contributed by atoms with van der Waals surface area (Å²) in [6.07, 6.45) is 0.